The summed E-state index contributed by atoms with van der Waals surface area (Å²) in [6.45, 7) is 2.92. The van der Waals surface area contributed by atoms with Gasteiger partial charge in [-0.15, -0.1) is 0 Å². The van der Waals surface area contributed by atoms with Crippen molar-refractivity contribution in [2.75, 3.05) is 11.9 Å². The molecule has 1 aromatic carbocycles. The van der Waals surface area contributed by atoms with Gasteiger partial charge in [-0.05, 0) is 48.5 Å². The molecule has 0 amide bonds. The lowest BCUT2D eigenvalue weighted by molar-refractivity contribution is 0.847. The van der Waals surface area contributed by atoms with Crippen molar-refractivity contribution >= 4 is 23.0 Å². The van der Waals surface area contributed by atoms with Crippen LogP contribution in [0.4, 0.5) is 5.69 Å². The van der Waals surface area contributed by atoms with Gasteiger partial charge in [0.15, 0.2) is 5.11 Å². The number of nitrogens with zero attached hydrogens (tertiary/aromatic N) is 1. The number of aryl methyl sites for hydroxylation is 1. The van der Waals surface area contributed by atoms with E-state index in [9.17, 15) is 0 Å². The highest BCUT2D eigenvalue weighted by atomic mass is 32.1. The second-order valence-electron chi connectivity index (χ2n) is 4.50. The molecule has 20 heavy (non-hydrogen) atoms. The standard InChI is InChI=1S/C16H19N3S/c1-2-13-6-8-15(9-7-13)19-16(20)18-12-10-14-5-3-4-11-17-14/h3-9,11H,2,10,12H2,1H3,(H2,18,19,20). The zero-order chi connectivity index (χ0) is 14.2. The quantitative estimate of drug-likeness (QED) is 0.827. The lowest BCUT2D eigenvalue weighted by Crippen LogP contribution is -2.30. The van der Waals surface area contributed by atoms with Crippen LogP contribution in [-0.2, 0) is 12.8 Å². The molecule has 0 bridgehead atoms. The molecule has 0 saturated heterocycles. The average molecular weight is 285 g/mol. The van der Waals surface area contributed by atoms with Gasteiger partial charge in [-0.3, -0.25) is 4.98 Å². The minimum absolute atomic E-state index is 0.644. The molecule has 104 valence electrons. The van der Waals surface area contributed by atoms with E-state index in [2.05, 4.69) is 34.7 Å². The van der Waals surface area contributed by atoms with Crippen molar-refractivity contribution in [1.29, 1.82) is 0 Å². The molecule has 0 unspecified atom stereocenters. The molecule has 2 aromatic rings. The van der Waals surface area contributed by atoms with E-state index in [1.54, 1.807) is 6.20 Å². The highest BCUT2D eigenvalue weighted by molar-refractivity contribution is 7.80. The van der Waals surface area contributed by atoms with Crippen LogP contribution in [0.15, 0.2) is 48.7 Å². The molecule has 1 heterocycles. The van der Waals surface area contributed by atoms with E-state index in [0.717, 1.165) is 30.8 Å². The summed E-state index contributed by atoms with van der Waals surface area (Å²) in [4.78, 5) is 4.27. The van der Waals surface area contributed by atoms with Gasteiger partial charge in [0.05, 0.1) is 0 Å². The highest BCUT2D eigenvalue weighted by Gasteiger charge is 1.98. The van der Waals surface area contributed by atoms with Gasteiger partial charge in [-0.1, -0.05) is 25.1 Å². The first-order valence-corrected chi connectivity index (χ1v) is 7.22. The molecule has 2 N–H and O–H groups in total. The Hall–Kier alpha value is -1.94. The zero-order valence-electron chi connectivity index (χ0n) is 11.6. The normalized spacial score (nSPS) is 10.1. The van der Waals surface area contributed by atoms with Gasteiger partial charge < -0.3 is 10.6 Å². The molecule has 4 heteroatoms. The van der Waals surface area contributed by atoms with Gasteiger partial charge in [0.25, 0.3) is 0 Å². The van der Waals surface area contributed by atoms with Gasteiger partial charge in [0.2, 0.25) is 0 Å². The van der Waals surface area contributed by atoms with Crippen molar-refractivity contribution in [3.05, 3.63) is 59.9 Å². The Morgan fingerprint density at radius 1 is 1.15 bits per heavy atom. The van der Waals surface area contributed by atoms with Crippen LogP contribution in [0.5, 0.6) is 0 Å². The van der Waals surface area contributed by atoms with E-state index in [4.69, 9.17) is 12.2 Å². The highest BCUT2D eigenvalue weighted by Crippen LogP contribution is 2.09. The third-order valence-corrected chi connectivity index (χ3v) is 3.26. The van der Waals surface area contributed by atoms with Crippen LogP contribution in [0.25, 0.3) is 0 Å². The number of anilines is 1. The number of hydrogen-bond donors (Lipinski definition) is 2. The molecule has 0 aliphatic carbocycles. The first-order valence-electron chi connectivity index (χ1n) is 6.81. The number of thiocarbonyl (C=S) groups is 1. The molecular formula is C16H19N3S. The minimum Gasteiger partial charge on any atom is -0.362 e. The number of nitrogens with one attached hydrogen (secondary N) is 2. The van der Waals surface area contributed by atoms with Crippen molar-refractivity contribution in [1.82, 2.24) is 10.3 Å². The molecule has 0 aliphatic heterocycles. The van der Waals surface area contributed by atoms with Crippen LogP contribution in [0, 0.1) is 0 Å². The maximum Gasteiger partial charge on any atom is 0.170 e. The van der Waals surface area contributed by atoms with Crippen LogP contribution in [-0.4, -0.2) is 16.6 Å². The molecular weight excluding hydrogens is 266 g/mol. The lowest BCUT2D eigenvalue weighted by Gasteiger charge is -2.10. The van der Waals surface area contributed by atoms with Crippen molar-refractivity contribution in [3.63, 3.8) is 0 Å². The van der Waals surface area contributed by atoms with Crippen molar-refractivity contribution in [2.45, 2.75) is 19.8 Å². The second kappa shape index (κ2) is 7.60. The largest absolute Gasteiger partial charge is 0.362 e. The maximum atomic E-state index is 5.27. The topological polar surface area (TPSA) is 37.0 Å². The van der Waals surface area contributed by atoms with Gasteiger partial charge in [0, 0.05) is 30.5 Å². The molecule has 0 atom stereocenters. The predicted octanol–water partition coefficient (Wildman–Crippen LogP) is 3.17. The fraction of sp³-hybridized carbons (Fsp3) is 0.250. The molecule has 0 spiro atoms. The van der Waals surface area contributed by atoms with E-state index in [1.807, 2.05) is 30.3 Å². The predicted molar refractivity (Wildman–Crippen MR) is 88.0 cm³/mol. The number of aromatic nitrogens is 1. The zero-order valence-corrected chi connectivity index (χ0v) is 12.4. The molecule has 1 aromatic heterocycles. The minimum atomic E-state index is 0.644. The van der Waals surface area contributed by atoms with Crippen LogP contribution < -0.4 is 10.6 Å². The summed E-state index contributed by atoms with van der Waals surface area (Å²) in [6, 6.07) is 14.2. The summed E-state index contributed by atoms with van der Waals surface area (Å²) >= 11 is 5.27. The Morgan fingerprint density at radius 3 is 2.60 bits per heavy atom. The van der Waals surface area contributed by atoms with Crippen LogP contribution in [0.1, 0.15) is 18.2 Å². The first kappa shape index (κ1) is 14.5. The number of pyridine rings is 1. The summed E-state index contributed by atoms with van der Waals surface area (Å²) in [7, 11) is 0. The first-order chi connectivity index (χ1) is 9.78. The van der Waals surface area contributed by atoms with E-state index in [-0.39, 0.29) is 0 Å². The van der Waals surface area contributed by atoms with E-state index >= 15 is 0 Å². The third-order valence-electron chi connectivity index (χ3n) is 3.01. The Kier molecular flexibility index (Phi) is 5.50. The van der Waals surface area contributed by atoms with Gasteiger partial charge in [-0.25, -0.2) is 0 Å². The van der Waals surface area contributed by atoms with Crippen LogP contribution in [0.2, 0.25) is 0 Å². The fourth-order valence-electron chi connectivity index (χ4n) is 1.85. The molecule has 0 saturated carbocycles. The number of rotatable bonds is 5. The maximum absolute atomic E-state index is 5.27. The number of hydrogen-bond acceptors (Lipinski definition) is 2. The summed E-state index contributed by atoms with van der Waals surface area (Å²) < 4.78 is 0. The van der Waals surface area contributed by atoms with Crippen molar-refractivity contribution in [3.8, 4) is 0 Å². The van der Waals surface area contributed by atoms with Gasteiger partial charge >= 0.3 is 0 Å². The third kappa shape index (κ3) is 4.63. The summed E-state index contributed by atoms with van der Waals surface area (Å²) in [5.41, 5.74) is 3.40. The molecule has 3 nitrogen and oxygen atoms in total. The Bertz CT molecular complexity index is 537. The van der Waals surface area contributed by atoms with Gasteiger partial charge in [-0.2, -0.15) is 0 Å². The van der Waals surface area contributed by atoms with E-state index < -0.39 is 0 Å². The SMILES string of the molecule is CCc1ccc(NC(=S)NCCc2ccccn2)cc1. The van der Waals surface area contributed by atoms with Crippen molar-refractivity contribution < 1.29 is 0 Å². The summed E-state index contributed by atoms with van der Waals surface area (Å²) in [6.07, 6.45) is 3.71. The van der Waals surface area contributed by atoms with E-state index in [0.29, 0.717) is 5.11 Å². The van der Waals surface area contributed by atoms with E-state index in [1.165, 1.54) is 5.56 Å². The smallest absolute Gasteiger partial charge is 0.170 e. The Labute approximate surface area is 125 Å². The number of benzene rings is 1. The van der Waals surface area contributed by atoms with Crippen LogP contribution >= 0.6 is 12.2 Å². The molecule has 0 radical (unpaired) electrons. The molecule has 0 aliphatic rings. The molecule has 0 fully saturated rings. The second-order valence-corrected chi connectivity index (χ2v) is 4.91. The average Bonchev–Trinajstić information content (AvgIpc) is 2.49. The molecule has 2 rings (SSSR count). The fourth-order valence-corrected chi connectivity index (χ4v) is 2.07. The van der Waals surface area contributed by atoms with Crippen LogP contribution in [0.3, 0.4) is 0 Å². The summed E-state index contributed by atoms with van der Waals surface area (Å²) in [5, 5.41) is 7.01. The van der Waals surface area contributed by atoms with Gasteiger partial charge in [0.1, 0.15) is 0 Å². The lowest BCUT2D eigenvalue weighted by atomic mass is 10.1. The Morgan fingerprint density at radius 2 is 1.95 bits per heavy atom. The monoisotopic (exact) mass is 285 g/mol. The Balaban J connectivity index is 1.74. The van der Waals surface area contributed by atoms with Crippen molar-refractivity contribution in [2.24, 2.45) is 0 Å². The summed E-state index contributed by atoms with van der Waals surface area (Å²) in [5.74, 6) is 0.